The van der Waals surface area contributed by atoms with Gasteiger partial charge in [0.15, 0.2) is 0 Å². The van der Waals surface area contributed by atoms with Gasteiger partial charge in [-0.25, -0.2) is 0 Å². The molecule has 1 atom stereocenters. The molecule has 1 unspecified atom stereocenters. The maximum atomic E-state index is 12.2. The molecule has 2 aromatic rings. The Morgan fingerprint density at radius 1 is 1.23 bits per heavy atom. The molecule has 1 amide bonds. The number of aromatic nitrogens is 1. The van der Waals surface area contributed by atoms with Gasteiger partial charge in [-0.3, -0.25) is 24.3 Å². The molecule has 0 saturated carbocycles. The van der Waals surface area contributed by atoms with Crippen molar-refractivity contribution in [3.05, 3.63) is 68.6 Å². The third-order valence-electron chi connectivity index (χ3n) is 3.25. The Labute approximate surface area is 126 Å². The van der Waals surface area contributed by atoms with Crippen molar-refractivity contribution in [1.82, 2.24) is 4.57 Å². The van der Waals surface area contributed by atoms with Crippen LogP contribution in [0.2, 0.25) is 0 Å². The zero-order chi connectivity index (χ0) is 16.3. The van der Waals surface area contributed by atoms with Gasteiger partial charge in [0.2, 0.25) is 5.91 Å². The second-order valence-corrected chi connectivity index (χ2v) is 4.92. The third kappa shape index (κ3) is 3.38. The number of amides is 1. The van der Waals surface area contributed by atoms with Gasteiger partial charge in [0.05, 0.1) is 11.1 Å². The number of nitrogens with one attached hydrogen (secondary N) is 1. The fourth-order valence-corrected chi connectivity index (χ4v) is 1.91. The molecule has 0 spiro atoms. The maximum Gasteiger partial charge on any atom is 0.285 e. The number of benzene rings is 1. The Balaban J connectivity index is 2.23. The molecule has 1 heterocycles. The second-order valence-electron chi connectivity index (χ2n) is 4.92. The van der Waals surface area contributed by atoms with Crippen molar-refractivity contribution >= 4 is 17.3 Å². The number of nitro groups is 1. The highest BCUT2D eigenvalue weighted by Gasteiger charge is 2.18. The van der Waals surface area contributed by atoms with E-state index in [0.717, 1.165) is 28.5 Å². The number of carbonyl (C=O) groups is 1. The Kier molecular flexibility index (Phi) is 4.36. The lowest BCUT2D eigenvalue weighted by Gasteiger charge is -2.14. The second kappa shape index (κ2) is 6.21. The van der Waals surface area contributed by atoms with Crippen molar-refractivity contribution < 1.29 is 9.72 Å². The predicted octanol–water partition coefficient (Wildman–Crippen LogP) is 2.26. The molecule has 0 aliphatic heterocycles. The van der Waals surface area contributed by atoms with Crippen LogP contribution in [0.3, 0.4) is 0 Å². The summed E-state index contributed by atoms with van der Waals surface area (Å²) < 4.78 is 1.04. The maximum absolute atomic E-state index is 12.2. The van der Waals surface area contributed by atoms with Crippen molar-refractivity contribution in [1.29, 1.82) is 0 Å². The molecule has 1 N–H and O–H groups in total. The largest absolute Gasteiger partial charge is 0.324 e. The fourth-order valence-electron chi connectivity index (χ4n) is 1.91. The molecule has 1 aromatic carbocycles. The Morgan fingerprint density at radius 3 is 2.45 bits per heavy atom. The van der Waals surface area contributed by atoms with E-state index in [-0.39, 0.29) is 5.69 Å². The highest BCUT2D eigenvalue weighted by molar-refractivity contribution is 5.93. The van der Waals surface area contributed by atoms with Gasteiger partial charge in [-0.15, -0.1) is 0 Å². The summed E-state index contributed by atoms with van der Waals surface area (Å²) in [5.41, 5.74) is 0.939. The minimum atomic E-state index is -0.867. The number of pyridine rings is 1. The van der Waals surface area contributed by atoms with E-state index < -0.39 is 22.4 Å². The molecule has 0 radical (unpaired) electrons. The van der Waals surface area contributed by atoms with Gasteiger partial charge in [0, 0.05) is 17.8 Å². The van der Waals surface area contributed by atoms with Crippen LogP contribution in [0.4, 0.5) is 11.4 Å². The minimum absolute atomic E-state index is 0.241. The van der Waals surface area contributed by atoms with E-state index in [1.165, 1.54) is 6.92 Å². The van der Waals surface area contributed by atoms with Crippen LogP contribution in [-0.4, -0.2) is 15.4 Å². The van der Waals surface area contributed by atoms with Crippen LogP contribution >= 0.6 is 0 Å². The molecule has 7 heteroatoms. The van der Waals surface area contributed by atoms with Crippen LogP contribution in [0, 0.1) is 17.0 Å². The molecular weight excluding hydrogens is 286 g/mol. The summed E-state index contributed by atoms with van der Waals surface area (Å²) in [4.78, 5) is 34.1. The first kappa shape index (κ1) is 15.4. The number of anilines is 1. The number of nitrogens with zero attached hydrogens (tertiary/aromatic N) is 2. The summed E-state index contributed by atoms with van der Waals surface area (Å²) in [7, 11) is 0. The van der Waals surface area contributed by atoms with Crippen LogP contribution in [0.1, 0.15) is 18.5 Å². The van der Waals surface area contributed by atoms with E-state index in [2.05, 4.69) is 5.32 Å². The molecular formula is C15H15N3O4. The lowest BCUT2D eigenvalue weighted by Crippen LogP contribution is -2.31. The zero-order valence-corrected chi connectivity index (χ0v) is 12.1. The normalized spacial score (nSPS) is 11.7. The van der Waals surface area contributed by atoms with Crippen molar-refractivity contribution in [2.45, 2.75) is 19.9 Å². The van der Waals surface area contributed by atoms with Crippen LogP contribution in [0.15, 0.2) is 47.4 Å². The zero-order valence-electron chi connectivity index (χ0n) is 12.1. The monoisotopic (exact) mass is 301 g/mol. The van der Waals surface area contributed by atoms with Gasteiger partial charge in [-0.2, -0.15) is 0 Å². The quantitative estimate of drug-likeness (QED) is 0.692. The van der Waals surface area contributed by atoms with E-state index in [1.54, 1.807) is 12.1 Å². The predicted molar refractivity (Wildman–Crippen MR) is 81.9 cm³/mol. The lowest BCUT2D eigenvalue weighted by molar-refractivity contribution is -0.385. The van der Waals surface area contributed by atoms with Crippen molar-refractivity contribution in [3.8, 4) is 0 Å². The average molecular weight is 301 g/mol. The van der Waals surface area contributed by atoms with Gasteiger partial charge >= 0.3 is 0 Å². The van der Waals surface area contributed by atoms with E-state index >= 15 is 0 Å². The summed E-state index contributed by atoms with van der Waals surface area (Å²) in [6.45, 7) is 3.44. The number of rotatable bonds is 4. The van der Waals surface area contributed by atoms with Crippen molar-refractivity contribution in [2.75, 3.05) is 5.32 Å². The topological polar surface area (TPSA) is 94.2 Å². The van der Waals surface area contributed by atoms with Crippen molar-refractivity contribution in [2.24, 2.45) is 0 Å². The molecule has 22 heavy (non-hydrogen) atoms. The first-order valence-electron chi connectivity index (χ1n) is 6.62. The molecule has 7 nitrogen and oxygen atoms in total. The molecule has 0 aliphatic carbocycles. The molecule has 2 rings (SSSR count). The molecule has 0 bridgehead atoms. The van der Waals surface area contributed by atoms with E-state index in [0.29, 0.717) is 5.69 Å². The number of hydrogen-bond donors (Lipinski definition) is 1. The van der Waals surface area contributed by atoms with Gasteiger partial charge in [0.25, 0.3) is 11.2 Å². The highest BCUT2D eigenvalue weighted by Crippen LogP contribution is 2.14. The fraction of sp³-hybridized carbons (Fsp3) is 0.200. The van der Waals surface area contributed by atoms with Gasteiger partial charge in [-0.1, -0.05) is 17.7 Å². The van der Waals surface area contributed by atoms with Crippen LogP contribution < -0.4 is 10.9 Å². The number of aryl methyl sites for hydroxylation is 1. The molecule has 0 fully saturated rings. The lowest BCUT2D eigenvalue weighted by atomic mass is 10.2. The molecule has 0 saturated heterocycles. The van der Waals surface area contributed by atoms with Gasteiger partial charge in [0.1, 0.15) is 6.04 Å². The highest BCUT2D eigenvalue weighted by atomic mass is 16.6. The first-order chi connectivity index (χ1) is 10.4. The summed E-state index contributed by atoms with van der Waals surface area (Å²) in [6, 6.07) is 8.51. The minimum Gasteiger partial charge on any atom is -0.324 e. The van der Waals surface area contributed by atoms with E-state index in [4.69, 9.17) is 0 Å². The Hall–Kier alpha value is -2.96. The molecule has 1 aromatic heterocycles. The molecule has 114 valence electrons. The summed E-state index contributed by atoms with van der Waals surface area (Å²) in [6.07, 6.45) is 1.07. The number of hydrogen-bond acceptors (Lipinski definition) is 4. The van der Waals surface area contributed by atoms with E-state index in [1.807, 2.05) is 19.1 Å². The van der Waals surface area contributed by atoms with Crippen molar-refractivity contribution in [3.63, 3.8) is 0 Å². The Bertz CT molecular complexity index is 765. The smallest absolute Gasteiger partial charge is 0.285 e. The average Bonchev–Trinajstić information content (AvgIpc) is 2.49. The van der Waals surface area contributed by atoms with Crippen LogP contribution in [-0.2, 0) is 4.79 Å². The SMILES string of the molecule is Cc1ccc(NC(=O)C(C)n2cc([N+](=O)[O-])ccc2=O)cc1. The summed E-state index contributed by atoms with van der Waals surface area (Å²) in [5.74, 6) is -0.425. The Morgan fingerprint density at radius 2 is 1.86 bits per heavy atom. The standard InChI is InChI=1S/C15H15N3O4/c1-10-3-5-12(6-4-10)16-15(20)11(2)17-9-13(18(21)22)7-8-14(17)19/h3-9,11H,1-2H3,(H,16,20). The van der Waals surface area contributed by atoms with E-state index in [9.17, 15) is 19.7 Å². The van der Waals surface area contributed by atoms with Crippen LogP contribution in [0.5, 0.6) is 0 Å². The van der Waals surface area contributed by atoms with Gasteiger partial charge in [-0.05, 0) is 26.0 Å². The van der Waals surface area contributed by atoms with Gasteiger partial charge < -0.3 is 5.32 Å². The number of carbonyl (C=O) groups excluding carboxylic acids is 1. The first-order valence-corrected chi connectivity index (χ1v) is 6.62. The molecule has 0 aliphatic rings. The van der Waals surface area contributed by atoms with Crippen LogP contribution in [0.25, 0.3) is 0 Å². The summed E-state index contributed by atoms with van der Waals surface area (Å²) >= 11 is 0. The third-order valence-corrected chi connectivity index (χ3v) is 3.25. The summed E-state index contributed by atoms with van der Waals surface area (Å²) in [5, 5.41) is 13.4.